The molecule has 1 amide bonds. The Labute approximate surface area is 155 Å². The normalized spacial score (nSPS) is 17.8. The lowest BCUT2D eigenvalue weighted by Crippen LogP contribution is -2.52. The summed E-state index contributed by atoms with van der Waals surface area (Å²) in [5.74, 6) is 0.0163. The van der Waals surface area contributed by atoms with Crippen LogP contribution in [0.3, 0.4) is 0 Å². The second-order valence-electron chi connectivity index (χ2n) is 6.36. The lowest BCUT2D eigenvalue weighted by Gasteiger charge is -2.33. The van der Waals surface area contributed by atoms with Gasteiger partial charge in [0.05, 0.1) is 29.3 Å². The van der Waals surface area contributed by atoms with Crippen LogP contribution in [0.15, 0.2) is 30.3 Å². The number of rotatable bonds is 4. The number of carbonyl (C=O) groups is 1. The number of piperazine rings is 1. The third-order valence-electron chi connectivity index (χ3n) is 4.54. The number of aryl methyl sites for hydroxylation is 1. The maximum atomic E-state index is 12.5. The molecular formula is C18H26ClN5O. The number of para-hydroxylation sites is 1. The third kappa shape index (κ3) is 4.39. The molecule has 0 saturated carbocycles. The van der Waals surface area contributed by atoms with E-state index in [-0.39, 0.29) is 18.3 Å². The van der Waals surface area contributed by atoms with E-state index in [1.807, 2.05) is 48.9 Å². The van der Waals surface area contributed by atoms with E-state index < -0.39 is 0 Å². The fourth-order valence-corrected chi connectivity index (χ4v) is 3.13. The molecule has 2 heterocycles. The van der Waals surface area contributed by atoms with Gasteiger partial charge in [-0.1, -0.05) is 18.2 Å². The highest BCUT2D eigenvalue weighted by Gasteiger charge is 2.22. The molecule has 0 radical (unpaired) electrons. The van der Waals surface area contributed by atoms with Gasteiger partial charge in [-0.15, -0.1) is 12.4 Å². The number of nitrogens with one attached hydrogen (secondary N) is 2. The first-order valence-electron chi connectivity index (χ1n) is 8.42. The molecule has 0 spiro atoms. The Bertz CT molecular complexity index is 716. The largest absolute Gasteiger partial charge is 0.322 e. The highest BCUT2D eigenvalue weighted by Crippen LogP contribution is 2.22. The first-order valence-corrected chi connectivity index (χ1v) is 8.42. The smallest absolute Gasteiger partial charge is 0.238 e. The molecule has 1 aromatic heterocycles. The van der Waals surface area contributed by atoms with Crippen molar-refractivity contribution in [3.63, 3.8) is 0 Å². The minimum Gasteiger partial charge on any atom is -0.322 e. The number of hydrogen-bond acceptors (Lipinski definition) is 4. The van der Waals surface area contributed by atoms with E-state index in [1.165, 1.54) is 0 Å². The standard InChI is InChI=1S/C18H25N5O.ClH/c1-13-11-19-9-10-22(13)12-17(24)20-18-14(2)21-23(15(18)3)16-7-5-4-6-8-16;/h4-8,13,19H,9-12H2,1-3H3,(H,20,24);1H/t13-;/m0./s1. The first-order chi connectivity index (χ1) is 11.6. The molecule has 25 heavy (non-hydrogen) atoms. The van der Waals surface area contributed by atoms with Gasteiger partial charge in [0.1, 0.15) is 0 Å². The van der Waals surface area contributed by atoms with Gasteiger partial charge in [0.25, 0.3) is 0 Å². The van der Waals surface area contributed by atoms with Crippen LogP contribution in [0.5, 0.6) is 0 Å². The van der Waals surface area contributed by atoms with E-state index in [4.69, 9.17) is 0 Å². The zero-order valence-electron chi connectivity index (χ0n) is 15.0. The molecule has 1 fully saturated rings. The van der Waals surface area contributed by atoms with E-state index >= 15 is 0 Å². The van der Waals surface area contributed by atoms with Crippen molar-refractivity contribution in [2.75, 3.05) is 31.5 Å². The summed E-state index contributed by atoms with van der Waals surface area (Å²) in [6.07, 6.45) is 0. The summed E-state index contributed by atoms with van der Waals surface area (Å²) < 4.78 is 1.87. The number of hydrogen-bond donors (Lipinski definition) is 2. The zero-order chi connectivity index (χ0) is 17.1. The van der Waals surface area contributed by atoms with E-state index in [0.717, 1.165) is 42.4 Å². The fraction of sp³-hybridized carbons (Fsp3) is 0.444. The monoisotopic (exact) mass is 363 g/mol. The molecule has 1 aliphatic rings. The van der Waals surface area contributed by atoms with Crippen molar-refractivity contribution in [2.45, 2.75) is 26.8 Å². The first kappa shape index (κ1) is 19.4. The third-order valence-corrected chi connectivity index (χ3v) is 4.54. The fourth-order valence-electron chi connectivity index (χ4n) is 3.13. The lowest BCUT2D eigenvalue weighted by molar-refractivity contribution is -0.118. The molecule has 1 aliphatic heterocycles. The summed E-state index contributed by atoms with van der Waals surface area (Å²) in [5, 5.41) is 11.0. The molecule has 0 unspecified atom stereocenters. The van der Waals surface area contributed by atoms with Crippen LogP contribution in [0.4, 0.5) is 5.69 Å². The van der Waals surface area contributed by atoms with E-state index in [2.05, 4.69) is 27.6 Å². The molecule has 1 saturated heterocycles. The second-order valence-corrected chi connectivity index (χ2v) is 6.36. The van der Waals surface area contributed by atoms with E-state index in [1.54, 1.807) is 0 Å². The lowest BCUT2D eigenvalue weighted by atomic mass is 10.2. The Morgan fingerprint density at radius 3 is 2.72 bits per heavy atom. The van der Waals surface area contributed by atoms with Crippen LogP contribution in [0.2, 0.25) is 0 Å². The van der Waals surface area contributed by atoms with Crippen molar-refractivity contribution in [1.29, 1.82) is 0 Å². The van der Waals surface area contributed by atoms with Crippen LogP contribution in [-0.4, -0.2) is 52.8 Å². The number of aromatic nitrogens is 2. The second kappa shape index (κ2) is 8.47. The molecule has 2 aromatic rings. The minimum absolute atomic E-state index is 0. The molecule has 3 rings (SSSR count). The molecular weight excluding hydrogens is 338 g/mol. The SMILES string of the molecule is Cc1nn(-c2ccccc2)c(C)c1NC(=O)CN1CCNC[C@@H]1C.Cl. The summed E-state index contributed by atoms with van der Waals surface area (Å²) in [6, 6.07) is 10.3. The van der Waals surface area contributed by atoms with Crippen LogP contribution in [-0.2, 0) is 4.79 Å². The summed E-state index contributed by atoms with van der Waals surface area (Å²) in [4.78, 5) is 14.7. The van der Waals surface area contributed by atoms with E-state index in [9.17, 15) is 4.79 Å². The van der Waals surface area contributed by atoms with Gasteiger partial charge in [0, 0.05) is 25.7 Å². The van der Waals surface area contributed by atoms with Crippen LogP contribution in [0.25, 0.3) is 5.69 Å². The Morgan fingerprint density at radius 2 is 2.04 bits per heavy atom. The van der Waals surface area contributed by atoms with Gasteiger partial charge in [-0.2, -0.15) is 5.10 Å². The Morgan fingerprint density at radius 1 is 1.32 bits per heavy atom. The Kier molecular flexibility index (Phi) is 6.58. The number of benzene rings is 1. The number of halogens is 1. The summed E-state index contributed by atoms with van der Waals surface area (Å²) in [6.45, 7) is 9.22. The van der Waals surface area contributed by atoms with Crippen molar-refractivity contribution in [3.8, 4) is 5.69 Å². The predicted molar refractivity (Wildman–Crippen MR) is 103 cm³/mol. The summed E-state index contributed by atoms with van der Waals surface area (Å²) >= 11 is 0. The average molecular weight is 364 g/mol. The van der Waals surface area contributed by atoms with Crippen molar-refractivity contribution >= 4 is 24.0 Å². The highest BCUT2D eigenvalue weighted by atomic mass is 35.5. The molecule has 136 valence electrons. The summed E-state index contributed by atoms with van der Waals surface area (Å²) in [7, 11) is 0. The van der Waals surface area contributed by atoms with Gasteiger partial charge < -0.3 is 10.6 Å². The topological polar surface area (TPSA) is 62.2 Å². The number of nitrogens with zero attached hydrogens (tertiary/aromatic N) is 3. The maximum Gasteiger partial charge on any atom is 0.238 e. The molecule has 7 heteroatoms. The number of amides is 1. The van der Waals surface area contributed by atoms with Crippen molar-refractivity contribution in [2.24, 2.45) is 0 Å². The molecule has 0 bridgehead atoms. The van der Waals surface area contributed by atoms with Gasteiger partial charge in [-0.05, 0) is 32.9 Å². The van der Waals surface area contributed by atoms with Gasteiger partial charge in [0.2, 0.25) is 5.91 Å². The predicted octanol–water partition coefficient (Wildman–Crippen LogP) is 2.14. The zero-order valence-corrected chi connectivity index (χ0v) is 15.8. The number of anilines is 1. The Balaban J connectivity index is 0.00000225. The van der Waals surface area contributed by atoms with Crippen LogP contribution in [0.1, 0.15) is 18.3 Å². The minimum atomic E-state index is 0. The molecule has 6 nitrogen and oxygen atoms in total. The van der Waals surface area contributed by atoms with Gasteiger partial charge >= 0.3 is 0 Å². The molecule has 2 N–H and O–H groups in total. The molecule has 1 atom stereocenters. The van der Waals surface area contributed by atoms with Crippen molar-refractivity contribution in [3.05, 3.63) is 41.7 Å². The van der Waals surface area contributed by atoms with Crippen LogP contribution in [0, 0.1) is 13.8 Å². The maximum absolute atomic E-state index is 12.5. The highest BCUT2D eigenvalue weighted by molar-refractivity contribution is 5.93. The number of carbonyl (C=O) groups excluding carboxylic acids is 1. The molecule has 0 aliphatic carbocycles. The van der Waals surface area contributed by atoms with Crippen molar-refractivity contribution in [1.82, 2.24) is 20.0 Å². The van der Waals surface area contributed by atoms with Crippen molar-refractivity contribution < 1.29 is 4.79 Å². The van der Waals surface area contributed by atoms with Gasteiger partial charge in [0.15, 0.2) is 0 Å². The van der Waals surface area contributed by atoms with Gasteiger partial charge in [-0.25, -0.2) is 4.68 Å². The molecule has 1 aromatic carbocycles. The van der Waals surface area contributed by atoms with Crippen LogP contribution >= 0.6 is 12.4 Å². The van der Waals surface area contributed by atoms with E-state index in [0.29, 0.717) is 12.6 Å². The summed E-state index contributed by atoms with van der Waals surface area (Å²) in [5.41, 5.74) is 3.58. The van der Waals surface area contributed by atoms with Crippen LogP contribution < -0.4 is 10.6 Å². The quantitative estimate of drug-likeness (QED) is 0.873. The van der Waals surface area contributed by atoms with Gasteiger partial charge in [-0.3, -0.25) is 9.69 Å². The average Bonchev–Trinajstić information content (AvgIpc) is 2.86. The Hall–Kier alpha value is -1.89.